The molecule has 0 aliphatic rings. The molecule has 0 radical (unpaired) electrons. The van der Waals surface area contributed by atoms with Gasteiger partial charge in [0.05, 0.1) is 10.5 Å². The van der Waals surface area contributed by atoms with Gasteiger partial charge in [-0.25, -0.2) is 4.98 Å². The lowest BCUT2D eigenvalue weighted by molar-refractivity contribution is -0.140. The molecule has 0 saturated carbocycles. The lowest BCUT2D eigenvalue weighted by Crippen LogP contribution is -2.09. The van der Waals surface area contributed by atoms with Crippen molar-refractivity contribution in [3.05, 3.63) is 34.5 Å². The van der Waals surface area contributed by atoms with Gasteiger partial charge in [0.25, 0.3) is 0 Å². The Balaban J connectivity index is 2.88. The summed E-state index contributed by atoms with van der Waals surface area (Å²) in [7, 11) is 1.55. The first-order chi connectivity index (χ1) is 8.34. The first-order valence-corrected chi connectivity index (χ1v) is 5.57. The van der Waals surface area contributed by atoms with E-state index >= 15 is 0 Å². The SMILES string of the molecule is CNc1cc(C(F)(F)F)nc2c(C)ccc(Cl)c12. The number of anilines is 1. The first-order valence-electron chi connectivity index (χ1n) is 5.19. The van der Waals surface area contributed by atoms with Crippen LogP contribution in [-0.4, -0.2) is 12.0 Å². The van der Waals surface area contributed by atoms with Crippen LogP contribution in [0, 0.1) is 6.92 Å². The highest BCUT2D eigenvalue weighted by Gasteiger charge is 2.33. The minimum absolute atomic E-state index is 0.265. The summed E-state index contributed by atoms with van der Waals surface area (Å²) < 4.78 is 38.2. The quantitative estimate of drug-likeness (QED) is 0.840. The third kappa shape index (κ3) is 2.10. The number of hydrogen-bond acceptors (Lipinski definition) is 2. The van der Waals surface area contributed by atoms with Crippen LogP contribution in [0.1, 0.15) is 11.3 Å². The van der Waals surface area contributed by atoms with Crippen LogP contribution in [0.15, 0.2) is 18.2 Å². The molecular weight excluding hydrogens is 265 g/mol. The number of aromatic nitrogens is 1. The van der Waals surface area contributed by atoms with E-state index in [0.29, 0.717) is 21.7 Å². The Kier molecular flexibility index (Phi) is 3.11. The van der Waals surface area contributed by atoms with Crippen LogP contribution >= 0.6 is 11.6 Å². The number of alkyl halides is 3. The Labute approximate surface area is 107 Å². The zero-order valence-electron chi connectivity index (χ0n) is 9.69. The molecule has 2 rings (SSSR count). The van der Waals surface area contributed by atoms with E-state index in [1.165, 1.54) is 0 Å². The number of rotatable bonds is 1. The fourth-order valence-corrected chi connectivity index (χ4v) is 2.03. The van der Waals surface area contributed by atoms with Gasteiger partial charge in [0.15, 0.2) is 0 Å². The molecule has 0 saturated heterocycles. The van der Waals surface area contributed by atoms with Gasteiger partial charge in [-0.1, -0.05) is 17.7 Å². The summed E-state index contributed by atoms with van der Waals surface area (Å²) in [5.41, 5.74) is 0.310. The number of aryl methyl sites for hydroxylation is 1. The summed E-state index contributed by atoms with van der Waals surface area (Å²) in [4.78, 5) is 3.67. The van der Waals surface area contributed by atoms with Crippen LogP contribution < -0.4 is 5.32 Å². The largest absolute Gasteiger partial charge is 0.433 e. The number of nitrogens with one attached hydrogen (secondary N) is 1. The predicted molar refractivity (Wildman–Crippen MR) is 66.0 cm³/mol. The van der Waals surface area contributed by atoms with Crippen molar-refractivity contribution < 1.29 is 13.2 Å². The van der Waals surface area contributed by atoms with Gasteiger partial charge in [-0.15, -0.1) is 0 Å². The molecule has 0 unspecified atom stereocenters. The maximum Gasteiger partial charge on any atom is 0.433 e. The molecule has 1 heterocycles. The number of hydrogen-bond donors (Lipinski definition) is 1. The van der Waals surface area contributed by atoms with E-state index in [1.54, 1.807) is 26.1 Å². The molecule has 0 amide bonds. The minimum atomic E-state index is -4.48. The minimum Gasteiger partial charge on any atom is -0.387 e. The summed E-state index contributed by atoms with van der Waals surface area (Å²) in [5.74, 6) is 0. The van der Waals surface area contributed by atoms with Gasteiger partial charge in [0.1, 0.15) is 5.69 Å². The van der Waals surface area contributed by atoms with Gasteiger partial charge in [0, 0.05) is 18.1 Å². The molecule has 6 heteroatoms. The van der Waals surface area contributed by atoms with Crippen molar-refractivity contribution in [2.75, 3.05) is 12.4 Å². The summed E-state index contributed by atoms with van der Waals surface area (Å²) in [6.45, 7) is 1.70. The van der Waals surface area contributed by atoms with Crippen molar-refractivity contribution in [1.29, 1.82) is 0 Å². The van der Waals surface area contributed by atoms with Crippen molar-refractivity contribution in [2.45, 2.75) is 13.1 Å². The summed E-state index contributed by atoms with van der Waals surface area (Å²) in [5, 5.41) is 3.61. The van der Waals surface area contributed by atoms with Crippen molar-refractivity contribution in [2.24, 2.45) is 0 Å². The monoisotopic (exact) mass is 274 g/mol. The van der Waals surface area contributed by atoms with E-state index in [-0.39, 0.29) is 5.52 Å². The van der Waals surface area contributed by atoms with Crippen molar-refractivity contribution in [1.82, 2.24) is 4.98 Å². The molecule has 0 aliphatic carbocycles. The zero-order chi connectivity index (χ0) is 13.5. The Morgan fingerprint density at radius 1 is 1.28 bits per heavy atom. The van der Waals surface area contributed by atoms with Gasteiger partial charge < -0.3 is 5.32 Å². The van der Waals surface area contributed by atoms with Crippen molar-refractivity contribution >= 4 is 28.2 Å². The molecule has 2 nitrogen and oxygen atoms in total. The fourth-order valence-electron chi connectivity index (χ4n) is 1.78. The molecule has 0 atom stereocenters. The molecule has 2 aromatic rings. The smallest absolute Gasteiger partial charge is 0.387 e. The van der Waals surface area contributed by atoms with E-state index in [1.807, 2.05) is 0 Å². The second kappa shape index (κ2) is 4.31. The van der Waals surface area contributed by atoms with Gasteiger partial charge in [0.2, 0.25) is 0 Å². The summed E-state index contributed by atoms with van der Waals surface area (Å²) in [6, 6.07) is 4.26. The molecule has 96 valence electrons. The third-order valence-corrected chi connectivity index (χ3v) is 2.99. The second-order valence-electron chi connectivity index (χ2n) is 3.89. The highest BCUT2D eigenvalue weighted by atomic mass is 35.5. The van der Waals surface area contributed by atoms with Gasteiger partial charge in [-0.05, 0) is 24.6 Å². The Morgan fingerprint density at radius 3 is 2.50 bits per heavy atom. The fraction of sp³-hybridized carbons (Fsp3) is 0.250. The van der Waals surface area contributed by atoms with E-state index < -0.39 is 11.9 Å². The molecule has 0 fully saturated rings. The molecule has 1 aromatic carbocycles. The Bertz CT molecular complexity index is 608. The van der Waals surface area contributed by atoms with Gasteiger partial charge in [-0.3, -0.25) is 0 Å². The van der Waals surface area contributed by atoms with Crippen LogP contribution in [-0.2, 0) is 6.18 Å². The molecule has 0 bridgehead atoms. The van der Waals surface area contributed by atoms with Gasteiger partial charge >= 0.3 is 6.18 Å². The number of nitrogens with zero attached hydrogens (tertiary/aromatic N) is 1. The summed E-state index contributed by atoms with van der Waals surface area (Å²) in [6.07, 6.45) is -4.48. The molecular formula is C12H10ClF3N2. The number of pyridine rings is 1. The number of fused-ring (bicyclic) bond motifs is 1. The maximum absolute atomic E-state index is 12.7. The van der Waals surface area contributed by atoms with Crippen molar-refractivity contribution in [3.8, 4) is 0 Å². The summed E-state index contributed by atoms with van der Waals surface area (Å²) >= 11 is 6.02. The van der Waals surface area contributed by atoms with Crippen molar-refractivity contribution in [3.63, 3.8) is 0 Å². The van der Waals surface area contributed by atoms with E-state index in [4.69, 9.17) is 11.6 Å². The lowest BCUT2D eigenvalue weighted by atomic mass is 10.1. The predicted octanol–water partition coefficient (Wildman–Crippen LogP) is 4.26. The van der Waals surface area contributed by atoms with E-state index in [9.17, 15) is 13.2 Å². The Morgan fingerprint density at radius 2 is 1.94 bits per heavy atom. The van der Waals surface area contributed by atoms with Crippen LogP contribution in [0.3, 0.4) is 0 Å². The Hall–Kier alpha value is -1.49. The first kappa shape index (κ1) is 13.0. The average molecular weight is 275 g/mol. The van der Waals surface area contributed by atoms with Crippen LogP contribution in [0.4, 0.5) is 18.9 Å². The van der Waals surface area contributed by atoms with Gasteiger partial charge in [-0.2, -0.15) is 13.2 Å². The highest BCUT2D eigenvalue weighted by molar-refractivity contribution is 6.36. The zero-order valence-corrected chi connectivity index (χ0v) is 10.4. The van der Waals surface area contributed by atoms with Crippen LogP contribution in [0.2, 0.25) is 5.02 Å². The molecule has 1 N–H and O–H groups in total. The van der Waals surface area contributed by atoms with E-state index in [2.05, 4.69) is 10.3 Å². The van der Waals surface area contributed by atoms with Crippen LogP contribution in [0.25, 0.3) is 10.9 Å². The van der Waals surface area contributed by atoms with E-state index in [0.717, 1.165) is 6.07 Å². The lowest BCUT2D eigenvalue weighted by Gasteiger charge is -2.13. The topological polar surface area (TPSA) is 24.9 Å². The third-order valence-electron chi connectivity index (χ3n) is 2.67. The normalized spacial score (nSPS) is 11.9. The number of halogens is 4. The molecule has 18 heavy (non-hydrogen) atoms. The molecule has 0 spiro atoms. The highest BCUT2D eigenvalue weighted by Crippen LogP contribution is 2.36. The number of benzene rings is 1. The average Bonchev–Trinajstić information content (AvgIpc) is 2.31. The molecule has 0 aliphatic heterocycles. The maximum atomic E-state index is 12.7. The standard InChI is InChI=1S/C12H10ClF3N2/c1-6-3-4-7(13)10-8(17-2)5-9(12(14,15)16)18-11(6)10/h3-5H,1-2H3,(H,17,18). The molecule has 1 aromatic heterocycles. The second-order valence-corrected chi connectivity index (χ2v) is 4.30. The van der Waals surface area contributed by atoms with Crippen LogP contribution in [0.5, 0.6) is 0 Å².